The molecule has 1 unspecified atom stereocenters. The van der Waals surface area contributed by atoms with Gasteiger partial charge in [-0.15, -0.1) is 0 Å². The van der Waals surface area contributed by atoms with Gasteiger partial charge in [-0.05, 0) is 34.1 Å². The number of pyridine rings is 1. The van der Waals surface area contributed by atoms with E-state index in [-0.39, 0.29) is 12.5 Å². The molecule has 104 valence electrons. The van der Waals surface area contributed by atoms with E-state index in [2.05, 4.69) is 26.2 Å². The van der Waals surface area contributed by atoms with Gasteiger partial charge in [0.25, 0.3) is 5.91 Å². The Balaban J connectivity index is 1.80. The lowest BCUT2D eigenvalue weighted by atomic mass is 10.2. The first-order valence-corrected chi connectivity index (χ1v) is 7.09. The number of para-hydroxylation sites is 1. The zero-order chi connectivity index (χ0) is 13.9. The number of hydrogen-bond acceptors (Lipinski definition) is 4. The minimum Gasteiger partial charge on any atom is -0.376 e. The summed E-state index contributed by atoms with van der Waals surface area (Å²) in [7, 11) is 0. The summed E-state index contributed by atoms with van der Waals surface area (Å²) in [4.78, 5) is 16.5. The highest BCUT2D eigenvalue weighted by molar-refractivity contribution is 9.10. The third kappa shape index (κ3) is 2.82. The molecule has 0 radical (unpaired) electrons. The van der Waals surface area contributed by atoms with Gasteiger partial charge in [-0.3, -0.25) is 4.79 Å². The van der Waals surface area contributed by atoms with Crippen molar-refractivity contribution in [3.05, 3.63) is 34.8 Å². The van der Waals surface area contributed by atoms with Crippen LogP contribution in [0.5, 0.6) is 0 Å². The highest BCUT2D eigenvalue weighted by Crippen LogP contribution is 2.23. The van der Waals surface area contributed by atoms with E-state index in [1.807, 2.05) is 24.3 Å². The largest absolute Gasteiger partial charge is 0.376 e. The number of ether oxygens (including phenoxy) is 2. The minimum absolute atomic E-state index is 0.233. The Bertz CT molecular complexity index is 641. The van der Waals surface area contributed by atoms with Crippen LogP contribution in [0.3, 0.4) is 0 Å². The number of fused-ring (bicyclic) bond motifs is 1. The lowest BCUT2D eigenvalue weighted by Crippen LogP contribution is -2.39. The topological polar surface area (TPSA) is 60.5 Å². The molecule has 3 rings (SSSR count). The fourth-order valence-electron chi connectivity index (χ4n) is 2.03. The molecule has 1 saturated heterocycles. The van der Waals surface area contributed by atoms with Crippen molar-refractivity contribution in [1.29, 1.82) is 0 Å². The van der Waals surface area contributed by atoms with Crippen LogP contribution in [0.25, 0.3) is 10.9 Å². The van der Waals surface area contributed by atoms with Crippen molar-refractivity contribution in [2.75, 3.05) is 25.1 Å². The minimum atomic E-state index is -0.569. The number of carbonyl (C=O) groups is 1. The van der Waals surface area contributed by atoms with Gasteiger partial charge in [-0.2, -0.15) is 0 Å². The molecule has 1 aromatic carbocycles. The van der Waals surface area contributed by atoms with Crippen LogP contribution >= 0.6 is 15.9 Å². The van der Waals surface area contributed by atoms with Gasteiger partial charge < -0.3 is 14.8 Å². The average molecular weight is 337 g/mol. The van der Waals surface area contributed by atoms with Crippen molar-refractivity contribution in [1.82, 2.24) is 4.98 Å². The average Bonchev–Trinajstić information content (AvgIpc) is 2.49. The second kappa shape index (κ2) is 5.87. The molecule has 0 saturated carbocycles. The number of hydrogen-bond donors (Lipinski definition) is 1. The SMILES string of the molecule is O=C(Nc1ccc2cccc(Br)c2n1)C1COCCO1. The molecule has 2 aromatic rings. The van der Waals surface area contributed by atoms with Crippen molar-refractivity contribution < 1.29 is 14.3 Å². The second-order valence-corrected chi connectivity index (χ2v) is 5.29. The summed E-state index contributed by atoms with van der Waals surface area (Å²) in [6.45, 7) is 1.25. The Hall–Kier alpha value is -1.50. The summed E-state index contributed by atoms with van der Waals surface area (Å²) in [5, 5.41) is 3.76. The molecule has 6 heteroatoms. The standard InChI is InChI=1S/C14H13BrN2O3/c15-10-3-1-2-9-4-5-12(16-13(9)10)17-14(18)11-8-19-6-7-20-11/h1-5,11H,6-8H2,(H,16,17,18). The van der Waals surface area contributed by atoms with Crippen LogP contribution in [0.1, 0.15) is 0 Å². The molecular weight excluding hydrogens is 324 g/mol. The van der Waals surface area contributed by atoms with Crippen LogP contribution in [0.15, 0.2) is 34.8 Å². The maximum Gasteiger partial charge on any atom is 0.257 e. The molecule has 5 nitrogen and oxygen atoms in total. The fraction of sp³-hybridized carbons (Fsp3) is 0.286. The molecule has 1 N–H and O–H groups in total. The molecule has 0 aliphatic carbocycles. The molecule has 0 bridgehead atoms. The van der Waals surface area contributed by atoms with Crippen molar-refractivity contribution >= 4 is 38.6 Å². The highest BCUT2D eigenvalue weighted by Gasteiger charge is 2.23. The Morgan fingerprint density at radius 2 is 2.20 bits per heavy atom. The van der Waals surface area contributed by atoms with E-state index >= 15 is 0 Å². The Morgan fingerprint density at radius 3 is 3.00 bits per heavy atom. The van der Waals surface area contributed by atoms with Gasteiger partial charge in [0.1, 0.15) is 5.82 Å². The number of nitrogens with one attached hydrogen (secondary N) is 1. The van der Waals surface area contributed by atoms with E-state index in [1.54, 1.807) is 6.07 Å². The van der Waals surface area contributed by atoms with E-state index in [4.69, 9.17) is 9.47 Å². The Morgan fingerprint density at radius 1 is 1.30 bits per heavy atom. The van der Waals surface area contributed by atoms with Crippen LogP contribution in [-0.4, -0.2) is 36.8 Å². The van der Waals surface area contributed by atoms with E-state index in [1.165, 1.54) is 0 Å². The van der Waals surface area contributed by atoms with Crippen molar-refractivity contribution in [2.24, 2.45) is 0 Å². The first kappa shape index (κ1) is 13.5. The number of rotatable bonds is 2. The van der Waals surface area contributed by atoms with Crippen molar-refractivity contribution in [3.63, 3.8) is 0 Å². The Kier molecular flexibility index (Phi) is 3.95. The van der Waals surface area contributed by atoms with E-state index in [9.17, 15) is 4.79 Å². The summed E-state index contributed by atoms with van der Waals surface area (Å²) < 4.78 is 11.5. The predicted octanol–water partition coefficient (Wildman–Crippen LogP) is 2.35. The number of benzene rings is 1. The number of nitrogens with zero attached hydrogens (tertiary/aromatic N) is 1. The van der Waals surface area contributed by atoms with E-state index in [0.29, 0.717) is 19.0 Å². The smallest absolute Gasteiger partial charge is 0.257 e. The monoisotopic (exact) mass is 336 g/mol. The van der Waals surface area contributed by atoms with Crippen molar-refractivity contribution in [3.8, 4) is 0 Å². The van der Waals surface area contributed by atoms with Crippen LogP contribution in [0, 0.1) is 0 Å². The van der Waals surface area contributed by atoms with Crippen LogP contribution < -0.4 is 5.32 Å². The molecule has 1 fully saturated rings. The van der Waals surface area contributed by atoms with Gasteiger partial charge in [0.15, 0.2) is 6.10 Å². The summed E-state index contributed by atoms with van der Waals surface area (Å²) >= 11 is 3.45. The quantitative estimate of drug-likeness (QED) is 0.914. The third-order valence-electron chi connectivity index (χ3n) is 3.03. The number of aromatic nitrogens is 1. The van der Waals surface area contributed by atoms with Gasteiger partial charge in [0.05, 0.1) is 25.3 Å². The van der Waals surface area contributed by atoms with E-state index < -0.39 is 6.10 Å². The van der Waals surface area contributed by atoms with Crippen LogP contribution in [-0.2, 0) is 14.3 Å². The number of amides is 1. The van der Waals surface area contributed by atoms with Gasteiger partial charge in [0.2, 0.25) is 0 Å². The molecule has 1 aromatic heterocycles. The Labute approximate surface area is 124 Å². The summed E-state index contributed by atoms with van der Waals surface area (Å²) in [5.74, 6) is 0.271. The molecule has 1 aliphatic heterocycles. The predicted molar refractivity (Wildman–Crippen MR) is 78.6 cm³/mol. The zero-order valence-electron chi connectivity index (χ0n) is 10.6. The number of carbonyl (C=O) groups excluding carboxylic acids is 1. The molecule has 0 spiro atoms. The van der Waals surface area contributed by atoms with Gasteiger partial charge in [-0.1, -0.05) is 12.1 Å². The maximum absolute atomic E-state index is 12.0. The third-order valence-corrected chi connectivity index (χ3v) is 3.67. The van der Waals surface area contributed by atoms with E-state index in [0.717, 1.165) is 15.4 Å². The first-order chi connectivity index (χ1) is 9.74. The van der Waals surface area contributed by atoms with Crippen molar-refractivity contribution in [2.45, 2.75) is 6.10 Å². The summed E-state index contributed by atoms with van der Waals surface area (Å²) in [6.07, 6.45) is -0.569. The normalized spacial score (nSPS) is 18.9. The molecule has 1 atom stereocenters. The van der Waals surface area contributed by atoms with Gasteiger partial charge >= 0.3 is 0 Å². The summed E-state index contributed by atoms with van der Waals surface area (Å²) in [6, 6.07) is 9.52. The van der Waals surface area contributed by atoms with Crippen LogP contribution in [0.2, 0.25) is 0 Å². The lowest BCUT2D eigenvalue weighted by Gasteiger charge is -2.21. The van der Waals surface area contributed by atoms with Gasteiger partial charge in [0, 0.05) is 9.86 Å². The number of halogens is 1. The zero-order valence-corrected chi connectivity index (χ0v) is 12.2. The molecule has 1 aliphatic rings. The number of anilines is 1. The van der Waals surface area contributed by atoms with Crippen LogP contribution in [0.4, 0.5) is 5.82 Å². The molecule has 1 amide bonds. The molecule has 2 heterocycles. The molecular formula is C14H13BrN2O3. The van der Waals surface area contributed by atoms with Gasteiger partial charge in [-0.25, -0.2) is 4.98 Å². The fourth-order valence-corrected chi connectivity index (χ4v) is 2.50. The maximum atomic E-state index is 12.0. The lowest BCUT2D eigenvalue weighted by molar-refractivity contribution is -0.142. The molecule has 20 heavy (non-hydrogen) atoms. The summed E-state index contributed by atoms with van der Waals surface area (Å²) in [5.41, 5.74) is 0.811. The first-order valence-electron chi connectivity index (χ1n) is 6.29. The second-order valence-electron chi connectivity index (χ2n) is 4.43. The highest BCUT2D eigenvalue weighted by atomic mass is 79.9.